The Labute approximate surface area is 148 Å². The molecule has 0 saturated heterocycles. The van der Waals surface area contributed by atoms with E-state index in [1.54, 1.807) is 0 Å². The Hall–Kier alpha value is -0.590. The molecule has 0 heterocycles. The molecule has 0 amide bonds. The van der Waals surface area contributed by atoms with Crippen LogP contribution in [0.15, 0.2) is 46.9 Å². The van der Waals surface area contributed by atoms with E-state index in [4.69, 9.17) is 4.74 Å². The van der Waals surface area contributed by atoms with Crippen LogP contribution in [0.2, 0.25) is 0 Å². The summed E-state index contributed by atoms with van der Waals surface area (Å²) in [4.78, 5) is 0. The second-order valence-corrected chi connectivity index (χ2v) is 8.08. The minimum atomic E-state index is 0.0759. The van der Waals surface area contributed by atoms with Gasteiger partial charge in [0.05, 0.1) is 0 Å². The summed E-state index contributed by atoms with van der Waals surface area (Å²) >= 11 is 5.80. The molecule has 0 aromatic heterocycles. The van der Waals surface area contributed by atoms with Gasteiger partial charge < -0.3 is 10.1 Å². The Morgan fingerprint density at radius 2 is 1.90 bits per heavy atom. The third kappa shape index (κ3) is 5.60. The Balaban J connectivity index is 2.23. The average Bonchev–Trinajstić information content (AvgIpc) is 2.36. The van der Waals surface area contributed by atoms with Gasteiger partial charge in [-0.15, -0.1) is 0 Å². The zero-order valence-corrected chi connectivity index (χ0v) is 16.2. The molecule has 2 aromatic rings. The molecule has 0 aliphatic heterocycles. The van der Waals surface area contributed by atoms with Gasteiger partial charge in [-0.3, -0.25) is 0 Å². The maximum absolute atomic E-state index is 6.06. The number of ether oxygens (including phenoxy) is 1. The Morgan fingerprint density at radius 3 is 2.57 bits per heavy atom. The lowest BCUT2D eigenvalue weighted by Crippen LogP contribution is -2.35. The first kappa shape index (κ1) is 16.8. The van der Waals surface area contributed by atoms with Crippen molar-refractivity contribution in [2.75, 3.05) is 0 Å². The first-order valence-electron chi connectivity index (χ1n) is 6.80. The molecule has 0 saturated carbocycles. The number of nitrogens with one attached hydrogen (secondary N) is 1. The molecule has 0 atom stereocenters. The molecular formula is C17H19BrINO. The van der Waals surface area contributed by atoms with Crippen molar-refractivity contribution in [1.82, 2.24) is 5.32 Å². The van der Waals surface area contributed by atoms with Crippen LogP contribution in [0, 0.1) is 3.57 Å². The van der Waals surface area contributed by atoms with Gasteiger partial charge in [-0.2, -0.15) is 0 Å². The minimum Gasteiger partial charge on any atom is -0.457 e. The van der Waals surface area contributed by atoms with E-state index in [0.29, 0.717) is 0 Å². The zero-order valence-electron chi connectivity index (χ0n) is 12.4. The lowest BCUT2D eigenvalue weighted by Gasteiger charge is -2.21. The van der Waals surface area contributed by atoms with Crippen LogP contribution < -0.4 is 10.1 Å². The quantitative estimate of drug-likeness (QED) is 0.589. The fourth-order valence-corrected chi connectivity index (χ4v) is 2.64. The second-order valence-electron chi connectivity index (χ2n) is 5.92. The van der Waals surface area contributed by atoms with Crippen LogP contribution in [0.25, 0.3) is 0 Å². The van der Waals surface area contributed by atoms with E-state index < -0.39 is 0 Å². The van der Waals surface area contributed by atoms with E-state index in [0.717, 1.165) is 31.7 Å². The predicted octanol–water partition coefficient (Wildman–Crippen LogP) is 5.73. The van der Waals surface area contributed by atoms with Gasteiger partial charge in [-0.05, 0) is 73.7 Å². The summed E-state index contributed by atoms with van der Waals surface area (Å²) in [6.07, 6.45) is 0. The van der Waals surface area contributed by atoms with Gasteiger partial charge in [-0.25, -0.2) is 0 Å². The number of halogens is 2. The summed E-state index contributed by atoms with van der Waals surface area (Å²) in [6, 6.07) is 14.2. The molecule has 2 aromatic carbocycles. The summed E-state index contributed by atoms with van der Waals surface area (Å²) in [5.74, 6) is 1.74. The van der Waals surface area contributed by atoms with E-state index in [1.807, 2.05) is 30.3 Å². The van der Waals surface area contributed by atoms with Gasteiger partial charge in [0.25, 0.3) is 0 Å². The summed E-state index contributed by atoms with van der Waals surface area (Å²) in [6.45, 7) is 7.25. The van der Waals surface area contributed by atoms with E-state index in [1.165, 1.54) is 0 Å². The van der Waals surface area contributed by atoms with Crippen molar-refractivity contribution in [3.8, 4) is 11.5 Å². The average molecular weight is 460 g/mol. The Morgan fingerprint density at radius 1 is 1.14 bits per heavy atom. The molecule has 0 radical (unpaired) electrons. The van der Waals surface area contributed by atoms with E-state index >= 15 is 0 Å². The van der Waals surface area contributed by atoms with Crippen LogP contribution in [0.3, 0.4) is 0 Å². The first-order chi connectivity index (χ1) is 9.83. The SMILES string of the molecule is CC(C)(C)NCc1ccc(Br)cc1Oc1cccc(I)c1. The maximum Gasteiger partial charge on any atom is 0.133 e. The second kappa shape index (κ2) is 7.11. The number of rotatable bonds is 4. The number of hydrogen-bond donors (Lipinski definition) is 1. The molecular weight excluding hydrogens is 441 g/mol. The molecule has 0 spiro atoms. The van der Waals surface area contributed by atoms with Crippen molar-refractivity contribution in [2.24, 2.45) is 0 Å². The van der Waals surface area contributed by atoms with Crippen LogP contribution in [0.4, 0.5) is 0 Å². The molecule has 1 N–H and O–H groups in total. The minimum absolute atomic E-state index is 0.0759. The molecule has 112 valence electrons. The maximum atomic E-state index is 6.06. The third-order valence-corrected chi connectivity index (χ3v) is 4.03. The van der Waals surface area contributed by atoms with Crippen LogP contribution in [0.1, 0.15) is 26.3 Å². The third-order valence-electron chi connectivity index (χ3n) is 2.86. The normalized spacial score (nSPS) is 11.5. The molecule has 2 rings (SSSR count). The first-order valence-corrected chi connectivity index (χ1v) is 8.67. The van der Waals surface area contributed by atoms with Gasteiger partial charge in [0.2, 0.25) is 0 Å². The summed E-state index contributed by atoms with van der Waals surface area (Å²) in [5.41, 5.74) is 1.22. The van der Waals surface area contributed by atoms with Gasteiger partial charge in [0.1, 0.15) is 11.5 Å². The van der Waals surface area contributed by atoms with E-state index in [2.05, 4.69) is 76.7 Å². The fraction of sp³-hybridized carbons (Fsp3) is 0.294. The van der Waals surface area contributed by atoms with Crippen molar-refractivity contribution in [2.45, 2.75) is 32.9 Å². The monoisotopic (exact) mass is 459 g/mol. The van der Waals surface area contributed by atoms with E-state index in [-0.39, 0.29) is 5.54 Å². The highest BCUT2D eigenvalue weighted by Gasteiger charge is 2.12. The van der Waals surface area contributed by atoms with Crippen molar-refractivity contribution < 1.29 is 4.74 Å². The van der Waals surface area contributed by atoms with Gasteiger partial charge in [0.15, 0.2) is 0 Å². The smallest absolute Gasteiger partial charge is 0.133 e. The standard InChI is InChI=1S/C17H19BrINO/c1-17(2,3)20-11-12-7-8-13(18)9-16(12)21-15-6-4-5-14(19)10-15/h4-10,20H,11H2,1-3H3. The van der Waals surface area contributed by atoms with E-state index in [9.17, 15) is 0 Å². The predicted molar refractivity (Wildman–Crippen MR) is 100.0 cm³/mol. The van der Waals surface area contributed by atoms with Crippen molar-refractivity contribution in [3.05, 3.63) is 56.1 Å². The lowest BCUT2D eigenvalue weighted by molar-refractivity contribution is 0.414. The zero-order chi connectivity index (χ0) is 15.5. The molecule has 0 aliphatic carbocycles. The largest absolute Gasteiger partial charge is 0.457 e. The number of hydrogen-bond acceptors (Lipinski definition) is 2. The molecule has 21 heavy (non-hydrogen) atoms. The molecule has 0 bridgehead atoms. The van der Waals surface area contributed by atoms with Crippen molar-refractivity contribution in [1.29, 1.82) is 0 Å². The van der Waals surface area contributed by atoms with Crippen LogP contribution in [-0.4, -0.2) is 5.54 Å². The highest BCUT2D eigenvalue weighted by atomic mass is 127. The topological polar surface area (TPSA) is 21.3 Å². The highest BCUT2D eigenvalue weighted by molar-refractivity contribution is 14.1. The summed E-state index contributed by atoms with van der Waals surface area (Å²) < 4.78 is 8.24. The molecule has 0 aliphatic rings. The summed E-state index contributed by atoms with van der Waals surface area (Å²) in [7, 11) is 0. The lowest BCUT2D eigenvalue weighted by atomic mass is 10.1. The van der Waals surface area contributed by atoms with Crippen LogP contribution in [-0.2, 0) is 6.54 Å². The van der Waals surface area contributed by atoms with Crippen LogP contribution >= 0.6 is 38.5 Å². The van der Waals surface area contributed by atoms with Gasteiger partial charge in [0, 0.05) is 25.7 Å². The Kier molecular flexibility index (Phi) is 5.68. The van der Waals surface area contributed by atoms with Crippen molar-refractivity contribution in [3.63, 3.8) is 0 Å². The highest BCUT2D eigenvalue weighted by Crippen LogP contribution is 2.29. The molecule has 2 nitrogen and oxygen atoms in total. The fourth-order valence-electron chi connectivity index (χ4n) is 1.79. The molecule has 4 heteroatoms. The summed E-state index contributed by atoms with van der Waals surface area (Å²) in [5, 5.41) is 3.50. The molecule has 0 fully saturated rings. The number of benzene rings is 2. The molecule has 0 unspecified atom stereocenters. The van der Waals surface area contributed by atoms with Crippen molar-refractivity contribution >= 4 is 38.5 Å². The van der Waals surface area contributed by atoms with Crippen LogP contribution in [0.5, 0.6) is 11.5 Å². The Bertz CT molecular complexity index is 622. The van der Waals surface area contributed by atoms with Gasteiger partial charge in [-0.1, -0.05) is 28.1 Å². The van der Waals surface area contributed by atoms with Gasteiger partial charge >= 0.3 is 0 Å².